The van der Waals surface area contributed by atoms with Gasteiger partial charge in [-0.3, -0.25) is 4.79 Å². The van der Waals surface area contributed by atoms with E-state index in [1.165, 1.54) is 7.11 Å². The second kappa shape index (κ2) is 7.61. The van der Waals surface area contributed by atoms with E-state index in [9.17, 15) is 9.59 Å². The van der Waals surface area contributed by atoms with Crippen molar-refractivity contribution in [2.45, 2.75) is 6.92 Å². The van der Waals surface area contributed by atoms with Crippen LogP contribution in [0.25, 0.3) is 0 Å². The largest absolute Gasteiger partial charge is 0.378 e. The summed E-state index contributed by atoms with van der Waals surface area (Å²) < 4.78 is 0. The van der Waals surface area contributed by atoms with Crippen LogP contribution in [0, 0.1) is 6.92 Å². The molecule has 6 nitrogen and oxygen atoms in total. The number of hydrogen-bond donors (Lipinski definition) is 0. The zero-order valence-corrected chi connectivity index (χ0v) is 14.1. The van der Waals surface area contributed by atoms with Gasteiger partial charge in [-0.2, -0.15) is 0 Å². The number of aryl methyl sites for hydroxylation is 1. The van der Waals surface area contributed by atoms with E-state index in [0.29, 0.717) is 16.4 Å². The molecule has 0 saturated carbocycles. The Hall–Kier alpha value is -2.86. The van der Waals surface area contributed by atoms with Crippen molar-refractivity contribution in [2.75, 3.05) is 26.1 Å². The lowest BCUT2D eigenvalue weighted by Gasteiger charge is -2.19. The predicted octanol–water partition coefficient (Wildman–Crippen LogP) is 2.84. The van der Waals surface area contributed by atoms with Gasteiger partial charge in [0.15, 0.2) is 0 Å². The van der Waals surface area contributed by atoms with Crippen LogP contribution >= 0.6 is 0 Å². The van der Waals surface area contributed by atoms with Crippen LogP contribution in [-0.2, 0) is 9.68 Å². The molecule has 0 aromatic heterocycles. The van der Waals surface area contributed by atoms with Crippen molar-refractivity contribution in [1.29, 1.82) is 0 Å². The molecule has 0 aliphatic heterocycles. The highest BCUT2D eigenvalue weighted by atomic mass is 17.0. The van der Waals surface area contributed by atoms with Crippen LogP contribution in [0.3, 0.4) is 0 Å². The Kier molecular flexibility index (Phi) is 5.55. The highest BCUT2D eigenvalue weighted by Gasteiger charge is 2.22. The first-order valence-corrected chi connectivity index (χ1v) is 7.38. The van der Waals surface area contributed by atoms with Gasteiger partial charge in [0.2, 0.25) is 0 Å². The van der Waals surface area contributed by atoms with Crippen molar-refractivity contribution >= 4 is 17.6 Å². The van der Waals surface area contributed by atoms with Gasteiger partial charge in [0.25, 0.3) is 0 Å². The summed E-state index contributed by atoms with van der Waals surface area (Å²) in [6, 6.07) is 13.8. The molecule has 2 aromatic carbocycles. The second-order valence-electron chi connectivity index (χ2n) is 5.38. The molecule has 126 valence electrons. The topological polar surface area (TPSA) is 59.1 Å². The molecule has 6 heteroatoms. The maximum atomic E-state index is 12.4. The zero-order valence-electron chi connectivity index (χ0n) is 14.1. The molecule has 1 amide bonds. The Morgan fingerprint density at radius 1 is 0.958 bits per heavy atom. The van der Waals surface area contributed by atoms with Crippen LogP contribution in [0.15, 0.2) is 48.5 Å². The van der Waals surface area contributed by atoms with E-state index in [1.54, 1.807) is 49.4 Å². The Morgan fingerprint density at radius 2 is 1.58 bits per heavy atom. The fourth-order valence-electron chi connectivity index (χ4n) is 2.10. The highest BCUT2D eigenvalue weighted by molar-refractivity contribution is 5.96. The van der Waals surface area contributed by atoms with Crippen molar-refractivity contribution in [3.05, 3.63) is 65.2 Å². The lowest BCUT2D eigenvalue weighted by atomic mass is 10.1. The Morgan fingerprint density at radius 3 is 2.12 bits per heavy atom. The fourth-order valence-corrected chi connectivity index (χ4v) is 2.10. The highest BCUT2D eigenvalue weighted by Crippen LogP contribution is 2.15. The lowest BCUT2D eigenvalue weighted by Crippen LogP contribution is -2.33. The van der Waals surface area contributed by atoms with Gasteiger partial charge in [-0.25, -0.2) is 9.63 Å². The third-order valence-corrected chi connectivity index (χ3v) is 3.49. The molecule has 2 rings (SSSR count). The minimum atomic E-state index is -0.659. The van der Waals surface area contributed by atoms with Gasteiger partial charge in [0, 0.05) is 25.3 Å². The van der Waals surface area contributed by atoms with Gasteiger partial charge >= 0.3 is 11.9 Å². The summed E-state index contributed by atoms with van der Waals surface area (Å²) in [4.78, 5) is 36.5. The van der Waals surface area contributed by atoms with E-state index in [-0.39, 0.29) is 0 Å². The monoisotopic (exact) mass is 328 g/mol. The smallest absolute Gasteiger partial charge is 0.366 e. The number of amides is 1. The van der Waals surface area contributed by atoms with Crippen LogP contribution in [0.4, 0.5) is 5.69 Å². The Labute approximate surface area is 141 Å². The van der Waals surface area contributed by atoms with Gasteiger partial charge in [0.1, 0.15) is 0 Å². The van der Waals surface area contributed by atoms with E-state index < -0.39 is 11.9 Å². The van der Waals surface area contributed by atoms with E-state index in [1.807, 2.05) is 25.1 Å². The first-order valence-electron chi connectivity index (χ1n) is 7.38. The molecule has 24 heavy (non-hydrogen) atoms. The summed E-state index contributed by atoms with van der Waals surface area (Å²) in [7, 11) is 5.07. The number of benzene rings is 2. The molecule has 0 radical (unpaired) electrons. The van der Waals surface area contributed by atoms with E-state index in [4.69, 9.17) is 9.68 Å². The third-order valence-electron chi connectivity index (χ3n) is 3.49. The molecule has 0 heterocycles. The average molecular weight is 328 g/mol. The van der Waals surface area contributed by atoms with Gasteiger partial charge < -0.3 is 9.74 Å². The van der Waals surface area contributed by atoms with Gasteiger partial charge in [-0.15, -0.1) is 0 Å². The summed E-state index contributed by atoms with van der Waals surface area (Å²) >= 11 is 0. The summed E-state index contributed by atoms with van der Waals surface area (Å²) in [6.07, 6.45) is 0. The Balaban J connectivity index is 2.14. The molecule has 0 saturated heterocycles. The van der Waals surface area contributed by atoms with Gasteiger partial charge in [-0.05, 0) is 48.0 Å². The first-order chi connectivity index (χ1) is 11.4. The van der Waals surface area contributed by atoms with Crippen molar-refractivity contribution in [1.82, 2.24) is 5.23 Å². The van der Waals surface area contributed by atoms with Gasteiger partial charge in [-0.1, -0.05) is 18.2 Å². The number of hydrogen-bond acceptors (Lipinski definition) is 5. The number of carbonyl (C=O) groups is 2. The van der Waals surface area contributed by atoms with Crippen molar-refractivity contribution in [3.63, 3.8) is 0 Å². The van der Waals surface area contributed by atoms with Crippen LogP contribution in [0.5, 0.6) is 0 Å². The first kappa shape index (κ1) is 17.5. The molecule has 0 atom stereocenters. The summed E-state index contributed by atoms with van der Waals surface area (Å²) in [6.45, 7) is 1.79. The molecule has 0 aliphatic carbocycles. The minimum absolute atomic E-state index is 0.347. The van der Waals surface area contributed by atoms with Crippen molar-refractivity contribution in [3.8, 4) is 0 Å². The zero-order chi connectivity index (χ0) is 17.7. The molecule has 2 aromatic rings. The molecular formula is C18H20N2O4. The molecule has 0 spiro atoms. The van der Waals surface area contributed by atoms with Crippen LogP contribution in [-0.4, -0.2) is 38.3 Å². The van der Waals surface area contributed by atoms with Crippen LogP contribution < -0.4 is 4.90 Å². The summed E-state index contributed by atoms with van der Waals surface area (Å²) in [5, 5.41) is 0.583. The van der Waals surface area contributed by atoms with Crippen molar-refractivity contribution < 1.29 is 19.3 Å². The predicted molar refractivity (Wildman–Crippen MR) is 90.5 cm³/mol. The summed E-state index contributed by atoms with van der Waals surface area (Å²) in [5.74, 6) is -1.22. The fraction of sp³-hybridized carbons (Fsp3) is 0.222. The SMILES string of the molecule is CON(OC(=O)c1ccccc1C)C(=O)c1ccc(N(C)C)cc1. The van der Waals surface area contributed by atoms with Gasteiger partial charge in [0.05, 0.1) is 12.7 Å². The molecule has 0 aliphatic rings. The molecule has 0 N–H and O–H groups in total. The molecule has 0 fully saturated rings. The molecule has 0 unspecified atom stereocenters. The number of anilines is 1. The quantitative estimate of drug-likeness (QED) is 0.808. The van der Waals surface area contributed by atoms with Crippen LogP contribution in [0.1, 0.15) is 26.3 Å². The maximum Gasteiger partial charge on any atom is 0.366 e. The summed E-state index contributed by atoms with van der Waals surface area (Å²) in [5.41, 5.74) is 2.42. The third kappa shape index (κ3) is 3.91. The number of hydroxylamine groups is 2. The number of nitrogens with zero attached hydrogens (tertiary/aromatic N) is 2. The average Bonchev–Trinajstić information content (AvgIpc) is 2.59. The standard InChI is InChI=1S/C18H20N2O4/c1-13-7-5-6-8-16(13)18(22)24-20(23-4)17(21)14-9-11-15(12-10-14)19(2)3/h5-12H,1-4H3. The van der Waals surface area contributed by atoms with E-state index in [0.717, 1.165) is 11.3 Å². The van der Waals surface area contributed by atoms with E-state index >= 15 is 0 Å². The number of carbonyl (C=O) groups excluding carboxylic acids is 2. The molecular weight excluding hydrogens is 308 g/mol. The van der Waals surface area contributed by atoms with Crippen molar-refractivity contribution in [2.24, 2.45) is 0 Å². The molecule has 0 bridgehead atoms. The lowest BCUT2D eigenvalue weighted by molar-refractivity contribution is -0.277. The minimum Gasteiger partial charge on any atom is -0.378 e. The maximum absolute atomic E-state index is 12.4. The second-order valence-corrected chi connectivity index (χ2v) is 5.38. The van der Waals surface area contributed by atoms with E-state index in [2.05, 4.69) is 0 Å². The Bertz CT molecular complexity index is 726. The normalized spacial score (nSPS) is 10.2. The number of rotatable bonds is 4. The van der Waals surface area contributed by atoms with Crippen LogP contribution in [0.2, 0.25) is 0 Å².